The van der Waals surface area contributed by atoms with E-state index in [2.05, 4.69) is 10.3 Å². The Morgan fingerprint density at radius 2 is 2.21 bits per heavy atom. The largest absolute Gasteiger partial charge is 0.378 e. The van der Waals surface area contributed by atoms with Crippen LogP contribution in [-0.2, 0) is 14.3 Å². The number of nitrogens with one attached hydrogen (secondary N) is 1. The highest BCUT2D eigenvalue weighted by atomic mass is 32.2. The summed E-state index contributed by atoms with van der Waals surface area (Å²) < 4.78 is 5.27. The number of amidine groups is 1. The van der Waals surface area contributed by atoms with Gasteiger partial charge >= 0.3 is 0 Å². The van der Waals surface area contributed by atoms with Crippen LogP contribution in [0, 0.1) is 0 Å². The fraction of sp³-hybridized carbons (Fsp3) is 0.750. The minimum Gasteiger partial charge on any atom is -0.378 e. The molecule has 1 saturated heterocycles. The van der Waals surface area contributed by atoms with Crippen LogP contribution in [0.4, 0.5) is 0 Å². The van der Waals surface area contributed by atoms with Gasteiger partial charge in [-0.1, -0.05) is 11.8 Å². The maximum atomic E-state index is 11.8. The van der Waals surface area contributed by atoms with Gasteiger partial charge in [-0.05, 0) is 13.8 Å². The summed E-state index contributed by atoms with van der Waals surface area (Å²) in [7, 11) is 0. The van der Waals surface area contributed by atoms with Gasteiger partial charge in [-0.3, -0.25) is 9.59 Å². The first-order valence-corrected chi connectivity index (χ1v) is 7.35. The molecule has 0 radical (unpaired) electrons. The number of morpholine rings is 1. The van der Waals surface area contributed by atoms with Crippen LogP contribution in [0.5, 0.6) is 0 Å². The lowest BCUT2D eigenvalue weighted by atomic mass is 10.2. The Balaban J connectivity index is 1.86. The second kappa shape index (κ2) is 6.38. The molecule has 0 aromatic heterocycles. The van der Waals surface area contributed by atoms with Crippen molar-refractivity contribution in [3.63, 3.8) is 0 Å². The first-order chi connectivity index (χ1) is 9.06. The average Bonchev–Trinajstić information content (AvgIpc) is 2.71. The van der Waals surface area contributed by atoms with Gasteiger partial charge in [-0.15, -0.1) is 0 Å². The summed E-state index contributed by atoms with van der Waals surface area (Å²) in [5, 5.41) is 3.15. The van der Waals surface area contributed by atoms with Crippen LogP contribution in [0.2, 0.25) is 0 Å². The number of carbonyl (C=O) groups is 2. The van der Waals surface area contributed by atoms with Crippen LogP contribution in [0.25, 0.3) is 0 Å². The highest BCUT2D eigenvalue weighted by Crippen LogP contribution is 2.27. The molecule has 2 amide bonds. The summed E-state index contributed by atoms with van der Waals surface area (Å²) in [4.78, 5) is 29.6. The van der Waals surface area contributed by atoms with Crippen molar-refractivity contribution in [1.82, 2.24) is 10.2 Å². The molecule has 0 aromatic carbocycles. The number of thioether (sulfide) groups is 1. The number of carbonyl (C=O) groups excluding carboxylic acids is 2. The first kappa shape index (κ1) is 14.3. The number of rotatable bonds is 3. The molecule has 0 unspecified atom stereocenters. The fourth-order valence-corrected chi connectivity index (χ4v) is 3.07. The van der Waals surface area contributed by atoms with Crippen molar-refractivity contribution in [3.8, 4) is 0 Å². The van der Waals surface area contributed by atoms with E-state index >= 15 is 0 Å². The monoisotopic (exact) mass is 285 g/mol. The van der Waals surface area contributed by atoms with Gasteiger partial charge in [0.1, 0.15) is 5.25 Å². The zero-order chi connectivity index (χ0) is 13.8. The highest BCUT2D eigenvalue weighted by molar-refractivity contribution is 8.15. The van der Waals surface area contributed by atoms with Crippen molar-refractivity contribution in [2.45, 2.75) is 31.6 Å². The molecule has 0 bridgehead atoms. The summed E-state index contributed by atoms with van der Waals surface area (Å²) >= 11 is 1.39. The standard InChI is InChI=1S/C12H19N3O3S/c1-8(2)13-10(16)7-9-11(17)14-12(19-9)15-3-5-18-6-4-15/h8-9H,3-7H2,1-2H3,(H,13,16)/t9-/m0/s1. The van der Waals surface area contributed by atoms with E-state index in [0.29, 0.717) is 13.2 Å². The van der Waals surface area contributed by atoms with Crippen molar-refractivity contribution in [2.24, 2.45) is 4.99 Å². The van der Waals surface area contributed by atoms with Crippen molar-refractivity contribution in [1.29, 1.82) is 0 Å². The minimum atomic E-state index is -0.378. The van der Waals surface area contributed by atoms with Crippen molar-refractivity contribution >= 4 is 28.7 Å². The number of nitrogens with zero attached hydrogens (tertiary/aromatic N) is 2. The van der Waals surface area contributed by atoms with Crippen LogP contribution in [-0.4, -0.2) is 59.5 Å². The summed E-state index contributed by atoms with van der Waals surface area (Å²) in [6.07, 6.45) is 0.193. The molecule has 2 heterocycles. The third-order valence-corrected chi connectivity index (χ3v) is 4.04. The SMILES string of the molecule is CC(C)NC(=O)C[C@@H]1SC(N2CCOCC2)=NC1=O. The molecule has 0 spiro atoms. The van der Waals surface area contributed by atoms with Crippen molar-refractivity contribution in [3.05, 3.63) is 0 Å². The number of ether oxygens (including phenoxy) is 1. The normalized spacial score (nSPS) is 23.7. The van der Waals surface area contributed by atoms with E-state index in [1.54, 1.807) is 0 Å². The highest BCUT2D eigenvalue weighted by Gasteiger charge is 2.33. The Labute approximate surface area is 117 Å². The lowest BCUT2D eigenvalue weighted by molar-refractivity contribution is -0.124. The smallest absolute Gasteiger partial charge is 0.262 e. The van der Waals surface area contributed by atoms with E-state index in [4.69, 9.17) is 4.74 Å². The molecule has 106 valence electrons. The second-order valence-electron chi connectivity index (χ2n) is 4.86. The van der Waals surface area contributed by atoms with E-state index in [9.17, 15) is 9.59 Å². The van der Waals surface area contributed by atoms with Gasteiger partial charge in [0, 0.05) is 25.6 Å². The van der Waals surface area contributed by atoms with Crippen LogP contribution in [0.15, 0.2) is 4.99 Å². The summed E-state index contributed by atoms with van der Waals surface area (Å²) in [6.45, 7) is 6.63. The molecule has 1 fully saturated rings. The lowest BCUT2D eigenvalue weighted by Crippen LogP contribution is -2.39. The maximum Gasteiger partial charge on any atom is 0.262 e. The maximum absolute atomic E-state index is 11.8. The van der Waals surface area contributed by atoms with Crippen LogP contribution < -0.4 is 5.32 Å². The molecule has 0 aliphatic carbocycles. The molecule has 2 aliphatic rings. The van der Waals surface area contributed by atoms with Gasteiger partial charge in [-0.25, -0.2) is 0 Å². The molecular weight excluding hydrogens is 266 g/mol. The topological polar surface area (TPSA) is 71.0 Å². The molecular formula is C12H19N3O3S. The van der Waals surface area contributed by atoms with E-state index < -0.39 is 0 Å². The van der Waals surface area contributed by atoms with Gasteiger partial charge < -0.3 is 15.0 Å². The molecule has 19 heavy (non-hydrogen) atoms. The predicted octanol–water partition coefficient (Wildman–Crippen LogP) is 0.231. The number of amides is 2. The molecule has 1 N–H and O–H groups in total. The predicted molar refractivity (Wildman–Crippen MR) is 74.1 cm³/mol. The number of hydrogen-bond donors (Lipinski definition) is 1. The second-order valence-corrected chi connectivity index (χ2v) is 6.03. The van der Waals surface area contributed by atoms with Crippen LogP contribution in [0.1, 0.15) is 20.3 Å². The fourth-order valence-electron chi connectivity index (χ4n) is 1.95. The van der Waals surface area contributed by atoms with Gasteiger partial charge in [0.25, 0.3) is 5.91 Å². The molecule has 0 saturated carbocycles. The van der Waals surface area contributed by atoms with Gasteiger partial charge in [0.2, 0.25) is 5.91 Å². The van der Waals surface area contributed by atoms with Gasteiger partial charge in [0.05, 0.1) is 13.2 Å². The van der Waals surface area contributed by atoms with E-state index in [1.165, 1.54) is 11.8 Å². The Hall–Kier alpha value is -1.08. The Bertz CT molecular complexity index is 392. The molecule has 0 aromatic rings. The number of hydrogen-bond acceptors (Lipinski definition) is 5. The third-order valence-electron chi connectivity index (χ3n) is 2.83. The van der Waals surface area contributed by atoms with Crippen molar-refractivity contribution in [2.75, 3.05) is 26.3 Å². The number of aliphatic imine (C=N–C) groups is 1. The molecule has 6 nitrogen and oxygen atoms in total. The third kappa shape index (κ3) is 3.94. The zero-order valence-electron chi connectivity index (χ0n) is 11.2. The zero-order valence-corrected chi connectivity index (χ0v) is 12.0. The molecule has 7 heteroatoms. The van der Waals surface area contributed by atoms with Gasteiger partial charge in [0.15, 0.2) is 5.17 Å². The quantitative estimate of drug-likeness (QED) is 0.804. The average molecular weight is 285 g/mol. The van der Waals surface area contributed by atoms with Gasteiger partial charge in [-0.2, -0.15) is 4.99 Å². The molecule has 2 rings (SSSR count). The van der Waals surface area contributed by atoms with E-state index in [-0.39, 0.29) is 29.5 Å². The Kier molecular flexibility index (Phi) is 4.81. The molecule has 2 aliphatic heterocycles. The van der Waals surface area contributed by atoms with E-state index in [0.717, 1.165) is 18.3 Å². The summed E-state index contributed by atoms with van der Waals surface area (Å²) in [5.41, 5.74) is 0. The Morgan fingerprint density at radius 3 is 2.84 bits per heavy atom. The summed E-state index contributed by atoms with van der Waals surface area (Å²) in [6, 6.07) is 0.0913. The Morgan fingerprint density at radius 1 is 1.53 bits per heavy atom. The summed E-state index contributed by atoms with van der Waals surface area (Å²) in [5.74, 6) is -0.301. The van der Waals surface area contributed by atoms with Crippen molar-refractivity contribution < 1.29 is 14.3 Å². The van der Waals surface area contributed by atoms with Crippen LogP contribution >= 0.6 is 11.8 Å². The first-order valence-electron chi connectivity index (χ1n) is 6.47. The minimum absolute atomic E-state index is 0.0913. The molecule has 1 atom stereocenters. The van der Waals surface area contributed by atoms with Crippen LogP contribution in [0.3, 0.4) is 0 Å². The van der Waals surface area contributed by atoms with E-state index in [1.807, 2.05) is 18.7 Å². The lowest BCUT2D eigenvalue weighted by Gasteiger charge is -2.27.